The number of hydrogen-bond acceptors (Lipinski definition) is 3. The second-order valence-corrected chi connectivity index (χ2v) is 11.2. The van der Waals surface area contributed by atoms with Gasteiger partial charge in [-0.05, 0) is 79.8 Å². The van der Waals surface area contributed by atoms with Crippen LogP contribution in [-0.4, -0.2) is 16.1 Å². The largest absolute Gasteiger partial charge is 0.394 e. The van der Waals surface area contributed by atoms with Gasteiger partial charge in [0.25, 0.3) is 5.91 Å². The van der Waals surface area contributed by atoms with Crippen LogP contribution in [0, 0.1) is 45.2 Å². The monoisotopic (exact) mass is 565 g/mol. The van der Waals surface area contributed by atoms with E-state index in [-0.39, 0.29) is 22.0 Å². The number of aryl methyl sites for hydroxylation is 3. The summed E-state index contributed by atoms with van der Waals surface area (Å²) in [5, 5.41) is 5.20. The fraction of sp³-hybridized carbons (Fsp3) is 0.259. The number of carbonyl (C=O) groups is 2. The summed E-state index contributed by atoms with van der Waals surface area (Å²) >= 11 is 19.4. The van der Waals surface area contributed by atoms with E-state index in [1.54, 1.807) is 13.0 Å². The molecule has 1 aliphatic carbocycles. The Morgan fingerprint density at radius 2 is 1.57 bits per heavy atom. The van der Waals surface area contributed by atoms with Crippen molar-refractivity contribution in [2.45, 2.75) is 37.9 Å². The number of hydrogen-bond donors (Lipinski definition) is 3. The lowest BCUT2D eigenvalue weighted by Gasteiger charge is -2.13. The molecule has 194 valence electrons. The number of amides is 2. The second kappa shape index (κ2) is 9.78. The highest BCUT2D eigenvalue weighted by molar-refractivity contribution is 6.53. The van der Waals surface area contributed by atoms with E-state index in [1.807, 2.05) is 32.9 Å². The minimum absolute atomic E-state index is 0.0283. The molecule has 0 spiro atoms. The van der Waals surface area contributed by atoms with Gasteiger partial charge in [0.2, 0.25) is 5.91 Å². The first-order valence-corrected chi connectivity index (χ1v) is 12.5. The van der Waals surface area contributed by atoms with E-state index in [1.165, 1.54) is 6.07 Å². The Labute approximate surface area is 228 Å². The Hall–Kier alpha value is -2.87. The highest BCUT2D eigenvalue weighted by Gasteiger charge is 2.67. The number of nitrogen functional groups attached to an aromatic ring is 1. The average molecular weight is 567 g/mol. The maximum absolute atomic E-state index is 14.3. The summed E-state index contributed by atoms with van der Waals surface area (Å²) in [4.78, 5) is 26.1. The van der Waals surface area contributed by atoms with Crippen molar-refractivity contribution in [3.63, 3.8) is 0 Å². The van der Waals surface area contributed by atoms with Crippen molar-refractivity contribution >= 4 is 63.7 Å². The number of nitrogens with one attached hydrogen (secondary N) is 2. The van der Waals surface area contributed by atoms with Gasteiger partial charge in [-0.15, -0.1) is 23.2 Å². The molecule has 1 fully saturated rings. The molecule has 2 atom stereocenters. The summed E-state index contributed by atoms with van der Waals surface area (Å²) in [7, 11) is 0. The molecule has 0 saturated heterocycles. The smallest absolute Gasteiger partial charge is 0.257 e. The summed E-state index contributed by atoms with van der Waals surface area (Å²) in [6, 6.07) is 8.90. The lowest BCUT2D eigenvalue weighted by molar-refractivity contribution is -0.117. The molecule has 4 N–H and O–H groups in total. The van der Waals surface area contributed by atoms with Gasteiger partial charge in [0.05, 0.1) is 22.2 Å². The van der Waals surface area contributed by atoms with Crippen LogP contribution in [0.4, 0.5) is 25.8 Å². The molecule has 2 amide bonds. The first-order chi connectivity index (χ1) is 17.2. The molecule has 0 heterocycles. The molecule has 3 aromatic rings. The SMILES string of the molecule is Cc1cc([C@H]2[C@H](C(=O)Nc3cc(C)c(Cl)c(C(=O)Nc4ccc(F)c(N)c4F)c3)C2(Cl)Cl)cc(C)c1C. The quantitative estimate of drug-likeness (QED) is 0.225. The van der Waals surface area contributed by atoms with Gasteiger partial charge in [0.1, 0.15) is 15.8 Å². The van der Waals surface area contributed by atoms with Crippen LogP contribution in [0.5, 0.6) is 0 Å². The summed E-state index contributed by atoms with van der Waals surface area (Å²) in [5.74, 6) is -4.37. The van der Waals surface area contributed by atoms with E-state index in [4.69, 9.17) is 40.5 Å². The molecule has 10 heteroatoms. The average Bonchev–Trinajstić information content (AvgIpc) is 3.41. The Morgan fingerprint density at radius 1 is 0.946 bits per heavy atom. The van der Waals surface area contributed by atoms with E-state index in [0.29, 0.717) is 5.56 Å². The zero-order valence-electron chi connectivity index (χ0n) is 20.4. The molecule has 1 aliphatic rings. The van der Waals surface area contributed by atoms with Crippen LogP contribution in [0.1, 0.15) is 44.1 Å². The molecule has 1 saturated carbocycles. The van der Waals surface area contributed by atoms with Crippen LogP contribution in [0.25, 0.3) is 0 Å². The maximum atomic E-state index is 14.3. The molecular formula is C27H24Cl3F2N3O2. The predicted octanol–water partition coefficient (Wildman–Crippen LogP) is 7.21. The third kappa shape index (κ3) is 5.00. The Kier molecular flexibility index (Phi) is 7.18. The van der Waals surface area contributed by atoms with Crippen LogP contribution in [0.3, 0.4) is 0 Å². The van der Waals surface area contributed by atoms with E-state index in [2.05, 4.69) is 10.6 Å². The number of halogens is 5. The van der Waals surface area contributed by atoms with Crippen LogP contribution < -0.4 is 16.4 Å². The molecule has 0 aromatic heterocycles. The highest BCUT2D eigenvalue weighted by atomic mass is 35.5. The zero-order valence-corrected chi connectivity index (χ0v) is 22.7. The van der Waals surface area contributed by atoms with E-state index in [9.17, 15) is 18.4 Å². The standard InChI is InChI=1S/C27H24Cl3F2N3O2/c1-11-7-15(8-12(2)14(11)4)20-21(27(20,29)30)26(37)34-16-9-13(3)22(28)17(10-16)25(36)35-19-6-5-18(31)24(33)23(19)32/h5-10,20-21H,33H2,1-4H3,(H,34,37)(H,35,36)/t20-,21+/m0/s1. The lowest BCUT2D eigenvalue weighted by atomic mass is 9.97. The number of anilines is 3. The van der Waals surface area contributed by atoms with Crippen molar-refractivity contribution in [1.82, 2.24) is 0 Å². The van der Waals surface area contributed by atoms with E-state index in [0.717, 1.165) is 34.4 Å². The van der Waals surface area contributed by atoms with Gasteiger partial charge < -0.3 is 16.4 Å². The van der Waals surface area contributed by atoms with E-state index < -0.39 is 45.3 Å². The van der Waals surface area contributed by atoms with Crippen molar-refractivity contribution in [2.75, 3.05) is 16.4 Å². The van der Waals surface area contributed by atoms with Crippen LogP contribution in [-0.2, 0) is 4.79 Å². The molecule has 0 bridgehead atoms. The fourth-order valence-corrected chi connectivity index (χ4v) is 5.42. The highest BCUT2D eigenvalue weighted by Crippen LogP contribution is 2.65. The van der Waals surface area contributed by atoms with Crippen molar-refractivity contribution in [1.29, 1.82) is 0 Å². The van der Waals surface area contributed by atoms with Gasteiger partial charge in [-0.2, -0.15) is 0 Å². The third-order valence-electron chi connectivity index (χ3n) is 6.79. The zero-order chi connectivity index (χ0) is 27.4. The van der Waals surface area contributed by atoms with Crippen molar-refractivity contribution in [3.05, 3.63) is 86.4 Å². The first-order valence-electron chi connectivity index (χ1n) is 11.3. The number of benzene rings is 3. The maximum Gasteiger partial charge on any atom is 0.257 e. The molecule has 4 rings (SSSR count). The normalized spacial score (nSPS) is 17.9. The van der Waals surface area contributed by atoms with Crippen LogP contribution in [0.15, 0.2) is 36.4 Å². The van der Waals surface area contributed by atoms with Gasteiger partial charge >= 0.3 is 0 Å². The number of rotatable bonds is 5. The molecule has 0 unspecified atom stereocenters. The molecule has 5 nitrogen and oxygen atoms in total. The van der Waals surface area contributed by atoms with Crippen molar-refractivity contribution < 1.29 is 18.4 Å². The fourth-order valence-electron chi connectivity index (χ4n) is 4.40. The molecular weight excluding hydrogens is 543 g/mol. The van der Waals surface area contributed by atoms with Gasteiger partial charge in [0.15, 0.2) is 5.82 Å². The summed E-state index contributed by atoms with van der Waals surface area (Å²) in [5.41, 5.74) is 9.26. The minimum Gasteiger partial charge on any atom is -0.394 e. The van der Waals surface area contributed by atoms with Crippen molar-refractivity contribution in [2.24, 2.45) is 5.92 Å². The van der Waals surface area contributed by atoms with Crippen LogP contribution >= 0.6 is 34.8 Å². The molecule has 0 aliphatic heterocycles. The first kappa shape index (κ1) is 27.2. The Bertz CT molecular complexity index is 1440. The summed E-state index contributed by atoms with van der Waals surface area (Å²) in [6.07, 6.45) is 0. The van der Waals surface area contributed by atoms with Gasteiger partial charge in [0, 0.05) is 11.6 Å². The van der Waals surface area contributed by atoms with Crippen molar-refractivity contribution in [3.8, 4) is 0 Å². The lowest BCUT2D eigenvalue weighted by Crippen LogP contribution is -2.19. The summed E-state index contributed by atoms with van der Waals surface area (Å²) in [6.45, 7) is 7.65. The third-order valence-corrected chi connectivity index (χ3v) is 8.23. The van der Waals surface area contributed by atoms with Crippen LogP contribution in [0.2, 0.25) is 5.02 Å². The number of alkyl halides is 2. The topological polar surface area (TPSA) is 84.2 Å². The van der Waals surface area contributed by atoms with Gasteiger partial charge in [-0.1, -0.05) is 23.7 Å². The number of nitrogens with two attached hydrogens (primary N) is 1. The Balaban J connectivity index is 1.57. The molecule has 37 heavy (non-hydrogen) atoms. The second-order valence-electron chi connectivity index (χ2n) is 9.33. The van der Waals surface area contributed by atoms with Gasteiger partial charge in [-0.3, -0.25) is 9.59 Å². The van der Waals surface area contributed by atoms with Gasteiger partial charge in [-0.25, -0.2) is 8.78 Å². The molecule has 0 radical (unpaired) electrons. The molecule has 3 aromatic carbocycles. The van der Waals surface area contributed by atoms with E-state index >= 15 is 0 Å². The minimum atomic E-state index is -1.29. The Morgan fingerprint density at radius 3 is 2.19 bits per heavy atom. The summed E-state index contributed by atoms with van der Waals surface area (Å²) < 4.78 is 26.5. The number of carbonyl (C=O) groups excluding carboxylic acids is 2. The predicted molar refractivity (Wildman–Crippen MR) is 145 cm³/mol.